The molecule has 0 aliphatic heterocycles. The van der Waals surface area contributed by atoms with Crippen molar-refractivity contribution in [3.05, 3.63) is 32.7 Å². The third-order valence-electron chi connectivity index (χ3n) is 2.00. The van der Waals surface area contributed by atoms with Crippen LogP contribution in [0.3, 0.4) is 0 Å². The van der Waals surface area contributed by atoms with Crippen molar-refractivity contribution in [1.29, 1.82) is 0 Å². The van der Waals surface area contributed by atoms with Gasteiger partial charge in [0.2, 0.25) is 0 Å². The molecule has 1 aromatic carbocycles. The summed E-state index contributed by atoms with van der Waals surface area (Å²) in [5.41, 5.74) is 6.76. The highest BCUT2D eigenvalue weighted by Crippen LogP contribution is 2.21. The molecular weight excluding hydrogens is 308 g/mol. The molecule has 0 saturated carbocycles. The molecule has 0 fully saturated rings. The molecule has 0 saturated heterocycles. The van der Waals surface area contributed by atoms with Crippen LogP contribution in [0.15, 0.2) is 27.1 Å². The molecule has 0 radical (unpaired) electrons. The van der Waals surface area contributed by atoms with Gasteiger partial charge in [-0.15, -0.1) is 0 Å². The van der Waals surface area contributed by atoms with Crippen LogP contribution in [-0.2, 0) is 6.54 Å². The predicted molar refractivity (Wildman–Crippen MR) is 67.2 cm³/mol. The number of halogens is 2. The zero-order valence-corrected chi connectivity index (χ0v) is 11.2. The SMILES string of the molecule is C[C@H](CN)NCc1cc(Br)ccc1Br. The minimum Gasteiger partial charge on any atom is -0.329 e. The van der Waals surface area contributed by atoms with E-state index in [1.807, 2.05) is 12.1 Å². The fourth-order valence-corrected chi connectivity index (χ4v) is 1.84. The van der Waals surface area contributed by atoms with Gasteiger partial charge in [0.25, 0.3) is 0 Å². The minimum absolute atomic E-state index is 0.348. The third-order valence-corrected chi connectivity index (χ3v) is 3.27. The third kappa shape index (κ3) is 3.69. The number of hydrogen-bond donors (Lipinski definition) is 2. The van der Waals surface area contributed by atoms with Crippen molar-refractivity contribution in [3.8, 4) is 0 Å². The van der Waals surface area contributed by atoms with Crippen LogP contribution in [0.1, 0.15) is 12.5 Å². The van der Waals surface area contributed by atoms with E-state index in [4.69, 9.17) is 5.73 Å². The summed E-state index contributed by atoms with van der Waals surface area (Å²) in [4.78, 5) is 0. The van der Waals surface area contributed by atoms with Crippen LogP contribution in [0.25, 0.3) is 0 Å². The van der Waals surface area contributed by atoms with Gasteiger partial charge in [-0.05, 0) is 30.7 Å². The van der Waals surface area contributed by atoms with E-state index in [1.54, 1.807) is 0 Å². The average molecular weight is 322 g/mol. The highest BCUT2D eigenvalue weighted by molar-refractivity contribution is 9.11. The van der Waals surface area contributed by atoms with Crippen LogP contribution in [-0.4, -0.2) is 12.6 Å². The van der Waals surface area contributed by atoms with Crippen LogP contribution in [0.5, 0.6) is 0 Å². The van der Waals surface area contributed by atoms with Crippen molar-refractivity contribution in [3.63, 3.8) is 0 Å². The Kier molecular flexibility index (Phi) is 5.09. The summed E-state index contributed by atoms with van der Waals surface area (Å²) in [5.74, 6) is 0. The van der Waals surface area contributed by atoms with Crippen molar-refractivity contribution < 1.29 is 0 Å². The van der Waals surface area contributed by atoms with Crippen LogP contribution in [0.2, 0.25) is 0 Å². The van der Waals surface area contributed by atoms with Gasteiger partial charge in [-0.3, -0.25) is 0 Å². The fourth-order valence-electron chi connectivity index (χ4n) is 1.05. The van der Waals surface area contributed by atoms with Crippen LogP contribution < -0.4 is 11.1 Å². The number of rotatable bonds is 4. The Morgan fingerprint density at radius 3 is 2.79 bits per heavy atom. The second kappa shape index (κ2) is 5.85. The van der Waals surface area contributed by atoms with Crippen molar-refractivity contribution in [2.75, 3.05) is 6.54 Å². The highest BCUT2D eigenvalue weighted by atomic mass is 79.9. The topological polar surface area (TPSA) is 38.0 Å². The Hall–Kier alpha value is 0.1000. The van der Waals surface area contributed by atoms with Gasteiger partial charge in [0.1, 0.15) is 0 Å². The smallest absolute Gasteiger partial charge is 0.0221 e. The summed E-state index contributed by atoms with van der Waals surface area (Å²) >= 11 is 6.96. The van der Waals surface area contributed by atoms with E-state index in [1.165, 1.54) is 5.56 Å². The van der Waals surface area contributed by atoms with Crippen LogP contribution >= 0.6 is 31.9 Å². The molecule has 1 rings (SSSR count). The van der Waals surface area contributed by atoms with Gasteiger partial charge >= 0.3 is 0 Å². The Labute approximate surface area is 102 Å². The van der Waals surface area contributed by atoms with Gasteiger partial charge in [0.15, 0.2) is 0 Å². The van der Waals surface area contributed by atoms with E-state index < -0.39 is 0 Å². The molecule has 3 N–H and O–H groups in total. The Morgan fingerprint density at radius 1 is 1.43 bits per heavy atom. The second-order valence-corrected chi connectivity index (χ2v) is 5.02. The molecule has 0 spiro atoms. The number of nitrogens with one attached hydrogen (secondary N) is 1. The standard InChI is InChI=1S/C10H14Br2N2/c1-7(5-13)14-6-8-4-9(11)2-3-10(8)12/h2-4,7,14H,5-6,13H2,1H3/t7-/m1/s1. The van der Waals surface area contributed by atoms with Gasteiger partial charge in [0.05, 0.1) is 0 Å². The molecule has 0 aromatic heterocycles. The molecule has 1 aromatic rings. The van der Waals surface area contributed by atoms with Crippen molar-refractivity contribution >= 4 is 31.9 Å². The highest BCUT2D eigenvalue weighted by Gasteiger charge is 2.02. The zero-order valence-electron chi connectivity index (χ0n) is 8.06. The molecule has 78 valence electrons. The van der Waals surface area contributed by atoms with E-state index in [2.05, 4.69) is 50.2 Å². The Balaban J connectivity index is 2.62. The first kappa shape index (κ1) is 12.2. The van der Waals surface area contributed by atoms with E-state index >= 15 is 0 Å². The summed E-state index contributed by atoms with van der Waals surface area (Å²) in [6, 6.07) is 6.50. The molecule has 0 heterocycles. The van der Waals surface area contributed by atoms with Gasteiger partial charge in [-0.2, -0.15) is 0 Å². The normalized spacial score (nSPS) is 12.9. The first-order chi connectivity index (χ1) is 6.63. The molecule has 0 unspecified atom stereocenters. The molecule has 14 heavy (non-hydrogen) atoms. The van der Waals surface area contributed by atoms with Crippen molar-refractivity contribution in [2.24, 2.45) is 5.73 Å². The van der Waals surface area contributed by atoms with Crippen LogP contribution in [0, 0.1) is 0 Å². The van der Waals surface area contributed by atoms with Crippen LogP contribution in [0.4, 0.5) is 0 Å². The predicted octanol–water partition coefficient (Wildman–Crippen LogP) is 2.65. The van der Waals surface area contributed by atoms with Gasteiger partial charge in [-0.1, -0.05) is 31.9 Å². The minimum atomic E-state index is 0.348. The maximum Gasteiger partial charge on any atom is 0.0221 e. The molecule has 0 amide bonds. The number of benzene rings is 1. The lowest BCUT2D eigenvalue weighted by Crippen LogP contribution is -2.32. The molecule has 0 aliphatic carbocycles. The molecule has 4 heteroatoms. The van der Waals surface area contributed by atoms with E-state index in [0.29, 0.717) is 12.6 Å². The Morgan fingerprint density at radius 2 is 2.14 bits per heavy atom. The lowest BCUT2D eigenvalue weighted by molar-refractivity contribution is 0.555. The van der Waals surface area contributed by atoms with Gasteiger partial charge in [-0.25, -0.2) is 0 Å². The zero-order chi connectivity index (χ0) is 10.6. The summed E-state index contributed by atoms with van der Waals surface area (Å²) in [7, 11) is 0. The molecule has 0 bridgehead atoms. The molecule has 1 atom stereocenters. The molecular formula is C10H14Br2N2. The monoisotopic (exact) mass is 320 g/mol. The average Bonchev–Trinajstić information content (AvgIpc) is 2.19. The summed E-state index contributed by atoms with van der Waals surface area (Å²) < 4.78 is 2.22. The largest absolute Gasteiger partial charge is 0.329 e. The van der Waals surface area contributed by atoms with Gasteiger partial charge < -0.3 is 11.1 Å². The summed E-state index contributed by atoms with van der Waals surface area (Å²) in [6.45, 7) is 3.57. The summed E-state index contributed by atoms with van der Waals surface area (Å²) in [5, 5.41) is 3.34. The quantitative estimate of drug-likeness (QED) is 0.894. The lowest BCUT2D eigenvalue weighted by atomic mass is 10.2. The van der Waals surface area contributed by atoms with E-state index in [0.717, 1.165) is 15.5 Å². The molecule has 0 aliphatic rings. The van der Waals surface area contributed by atoms with Crippen molar-refractivity contribution in [1.82, 2.24) is 5.32 Å². The first-order valence-corrected chi connectivity index (χ1v) is 6.09. The molecule has 2 nitrogen and oxygen atoms in total. The fraction of sp³-hybridized carbons (Fsp3) is 0.400. The van der Waals surface area contributed by atoms with E-state index in [-0.39, 0.29) is 0 Å². The lowest BCUT2D eigenvalue weighted by Gasteiger charge is -2.12. The second-order valence-electron chi connectivity index (χ2n) is 3.25. The van der Waals surface area contributed by atoms with Crippen molar-refractivity contribution in [2.45, 2.75) is 19.5 Å². The number of nitrogens with two attached hydrogens (primary N) is 1. The van der Waals surface area contributed by atoms with E-state index in [9.17, 15) is 0 Å². The maximum absolute atomic E-state index is 5.52. The van der Waals surface area contributed by atoms with Gasteiger partial charge in [0, 0.05) is 28.1 Å². The number of hydrogen-bond acceptors (Lipinski definition) is 2. The summed E-state index contributed by atoms with van der Waals surface area (Å²) in [6.07, 6.45) is 0. The Bertz CT molecular complexity index is 302. The first-order valence-electron chi connectivity index (χ1n) is 4.51. The maximum atomic E-state index is 5.52.